The summed E-state index contributed by atoms with van der Waals surface area (Å²) in [5, 5.41) is 2.70. The van der Waals surface area contributed by atoms with Crippen molar-refractivity contribution in [3.8, 4) is 0 Å². The Morgan fingerprint density at radius 2 is 1.76 bits per heavy atom. The average Bonchev–Trinajstić information content (AvgIpc) is 2.62. The van der Waals surface area contributed by atoms with Crippen LogP contribution in [0.5, 0.6) is 0 Å². The number of carbonyl (C=O) groups is 2. The number of nitrogens with one attached hydrogen (secondary N) is 1. The third-order valence-electron chi connectivity index (χ3n) is 3.67. The van der Waals surface area contributed by atoms with Crippen molar-refractivity contribution in [2.75, 3.05) is 7.05 Å². The van der Waals surface area contributed by atoms with Gasteiger partial charge in [0.25, 0.3) is 0 Å². The highest BCUT2D eigenvalue weighted by molar-refractivity contribution is 9.10. The molecule has 1 atom stereocenters. The number of rotatable bonds is 6. The summed E-state index contributed by atoms with van der Waals surface area (Å²) in [6.07, 6.45) is 3.16. The maximum Gasteiger partial charge on any atom is 0.244 e. The van der Waals surface area contributed by atoms with E-state index in [2.05, 4.69) is 21.2 Å². The van der Waals surface area contributed by atoms with Crippen LogP contribution in [-0.2, 0) is 16.1 Å². The Morgan fingerprint density at radius 3 is 2.40 bits per heavy atom. The highest BCUT2D eigenvalue weighted by Crippen LogP contribution is 2.12. The molecule has 0 bridgehead atoms. The standard InChI is InChI=1S/C20H21BrN2O2/c1-15(22-19(24)13-10-16-6-4-3-5-7-16)20(25)23(2)14-17-8-11-18(21)12-9-17/h3-13,15H,14H2,1-2H3,(H,22,24)/b13-10+. The number of nitrogens with zero attached hydrogens (tertiary/aromatic N) is 1. The molecular formula is C20H21BrN2O2. The second-order valence-corrected chi connectivity index (χ2v) is 6.71. The number of carbonyl (C=O) groups excluding carboxylic acids is 2. The van der Waals surface area contributed by atoms with Crippen LogP contribution < -0.4 is 5.32 Å². The van der Waals surface area contributed by atoms with Gasteiger partial charge < -0.3 is 10.2 Å². The summed E-state index contributed by atoms with van der Waals surface area (Å²) in [7, 11) is 1.73. The van der Waals surface area contributed by atoms with E-state index in [0.717, 1.165) is 15.6 Å². The van der Waals surface area contributed by atoms with Crippen molar-refractivity contribution in [1.82, 2.24) is 10.2 Å². The van der Waals surface area contributed by atoms with Crippen LogP contribution in [0, 0.1) is 0 Å². The minimum absolute atomic E-state index is 0.135. The van der Waals surface area contributed by atoms with Gasteiger partial charge in [0.15, 0.2) is 0 Å². The Morgan fingerprint density at radius 1 is 1.12 bits per heavy atom. The van der Waals surface area contributed by atoms with Crippen molar-refractivity contribution in [2.24, 2.45) is 0 Å². The molecular weight excluding hydrogens is 380 g/mol. The van der Waals surface area contributed by atoms with Gasteiger partial charge in [0.05, 0.1) is 0 Å². The van der Waals surface area contributed by atoms with Gasteiger partial charge in [-0.15, -0.1) is 0 Å². The van der Waals surface area contributed by atoms with Crippen molar-refractivity contribution in [1.29, 1.82) is 0 Å². The van der Waals surface area contributed by atoms with Crippen LogP contribution in [0.3, 0.4) is 0 Å². The number of halogens is 1. The zero-order valence-corrected chi connectivity index (χ0v) is 15.9. The van der Waals surface area contributed by atoms with Crippen molar-refractivity contribution < 1.29 is 9.59 Å². The lowest BCUT2D eigenvalue weighted by molar-refractivity contribution is -0.134. The molecule has 5 heteroatoms. The summed E-state index contributed by atoms with van der Waals surface area (Å²) in [6, 6.07) is 16.7. The number of hydrogen-bond donors (Lipinski definition) is 1. The van der Waals surface area contributed by atoms with E-state index in [1.54, 1.807) is 24.9 Å². The third-order valence-corrected chi connectivity index (χ3v) is 4.19. The quantitative estimate of drug-likeness (QED) is 0.752. The first-order chi connectivity index (χ1) is 12.0. The van der Waals surface area contributed by atoms with Gasteiger partial charge in [-0.25, -0.2) is 0 Å². The van der Waals surface area contributed by atoms with E-state index in [4.69, 9.17) is 0 Å². The van der Waals surface area contributed by atoms with E-state index < -0.39 is 6.04 Å². The van der Waals surface area contributed by atoms with Gasteiger partial charge in [0.2, 0.25) is 11.8 Å². The van der Waals surface area contributed by atoms with Gasteiger partial charge in [-0.3, -0.25) is 9.59 Å². The summed E-state index contributed by atoms with van der Waals surface area (Å²) in [4.78, 5) is 26.0. The van der Waals surface area contributed by atoms with Crippen molar-refractivity contribution in [2.45, 2.75) is 19.5 Å². The molecule has 2 aromatic rings. The molecule has 2 aromatic carbocycles. The third kappa shape index (κ3) is 6.19. The molecule has 0 aliphatic rings. The molecule has 4 nitrogen and oxygen atoms in total. The Labute approximate surface area is 156 Å². The van der Waals surface area contributed by atoms with Crippen LogP contribution >= 0.6 is 15.9 Å². The van der Waals surface area contributed by atoms with Crippen molar-refractivity contribution in [3.63, 3.8) is 0 Å². The van der Waals surface area contributed by atoms with Crippen molar-refractivity contribution in [3.05, 3.63) is 76.3 Å². The molecule has 0 aliphatic heterocycles. The van der Waals surface area contributed by atoms with Gasteiger partial charge in [0.1, 0.15) is 6.04 Å². The summed E-state index contributed by atoms with van der Waals surface area (Å²) < 4.78 is 0.996. The van der Waals surface area contributed by atoms with E-state index in [0.29, 0.717) is 6.54 Å². The molecule has 2 amide bonds. The second kappa shape index (κ2) is 9.18. The van der Waals surface area contributed by atoms with Gasteiger partial charge in [-0.2, -0.15) is 0 Å². The fourth-order valence-corrected chi connectivity index (χ4v) is 2.60. The SMILES string of the molecule is CC(NC(=O)/C=C/c1ccccc1)C(=O)N(C)Cc1ccc(Br)cc1. The van der Waals surface area contributed by atoms with Crippen LogP contribution in [0.15, 0.2) is 65.1 Å². The first-order valence-corrected chi connectivity index (χ1v) is 8.78. The maximum absolute atomic E-state index is 12.4. The monoisotopic (exact) mass is 400 g/mol. The number of benzene rings is 2. The van der Waals surface area contributed by atoms with Crippen LogP contribution in [-0.4, -0.2) is 29.8 Å². The lowest BCUT2D eigenvalue weighted by atomic mass is 10.2. The summed E-state index contributed by atoms with van der Waals surface area (Å²) in [6.45, 7) is 2.18. The van der Waals surface area contributed by atoms with Crippen LogP contribution in [0.25, 0.3) is 6.08 Å². The smallest absolute Gasteiger partial charge is 0.244 e. The second-order valence-electron chi connectivity index (χ2n) is 5.80. The van der Waals surface area contributed by atoms with E-state index in [1.807, 2.05) is 54.6 Å². The molecule has 0 saturated carbocycles. The minimum atomic E-state index is -0.589. The van der Waals surface area contributed by atoms with Crippen LogP contribution in [0.4, 0.5) is 0 Å². The molecule has 0 fully saturated rings. The molecule has 2 rings (SSSR count). The van der Waals surface area contributed by atoms with Crippen molar-refractivity contribution >= 4 is 33.8 Å². The molecule has 130 valence electrons. The van der Waals surface area contributed by atoms with E-state index >= 15 is 0 Å². The normalized spacial score (nSPS) is 12.0. The molecule has 0 spiro atoms. The molecule has 1 N–H and O–H groups in total. The largest absolute Gasteiger partial charge is 0.341 e. The molecule has 0 saturated heterocycles. The Balaban J connectivity index is 1.87. The predicted octanol–water partition coefficient (Wildman–Crippen LogP) is 3.63. The van der Waals surface area contributed by atoms with Crippen LogP contribution in [0.2, 0.25) is 0 Å². The minimum Gasteiger partial charge on any atom is -0.341 e. The zero-order chi connectivity index (χ0) is 18.2. The molecule has 25 heavy (non-hydrogen) atoms. The average molecular weight is 401 g/mol. The Kier molecular flexibility index (Phi) is 6.95. The summed E-state index contributed by atoms with van der Waals surface area (Å²) in [5.41, 5.74) is 1.96. The van der Waals surface area contributed by atoms with Gasteiger partial charge in [-0.05, 0) is 36.3 Å². The highest BCUT2D eigenvalue weighted by Gasteiger charge is 2.18. The Hall–Kier alpha value is -2.40. The maximum atomic E-state index is 12.4. The summed E-state index contributed by atoms with van der Waals surface area (Å²) >= 11 is 3.39. The molecule has 0 aliphatic carbocycles. The number of amides is 2. The number of likely N-dealkylation sites (N-methyl/N-ethyl adjacent to an activating group) is 1. The topological polar surface area (TPSA) is 49.4 Å². The fraction of sp³-hybridized carbons (Fsp3) is 0.200. The van der Waals surface area contributed by atoms with Gasteiger partial charge >= 0.3 is 0 Å². The lowest BCUT2D eigenvalue weighted by Gasteiger charge is -2.22. The van der Waals surface area contributed by atoms with E-state index in [9.17, 15) is 9.59 Å². The molecule has 0 radical (unpaired) electrons. The summed E-state index contributed by atoms with van der Waals surface area (Å²) in [5.74, 6) is -0.425. The highest BCUT2D eigenvalue weighted by atomic mass is 79.9. The molecule has 0 heterocycles. The molecule has 1 unspecified atom stereocenters. The van der Waals surface area contributed by atoms with E-state index in [-0.39, 0.29) is 11.8 Å². The number of hydrogen-bond acceptors (Lipinski definition) is 2. The fourth-order valence-electron chi connectivity index (χ4n) is 2.33. The molecule has 0 aromatic heterocycles. The van der Waals surface area contributed by atoms with Gasteiger partial charge in [0, 0.05) is 24.1 Å². The zero-order valence-electron chi connectivity index (χ0n) is 14.3. The first kappa shape index (κ1) is 18.9. The van der Waals surface area contributed by atoms with Gasteiger partial charge in [-0.1, -0.05) is 58.4 Å². The first-order valence-electron chi connectivity index (χ1n) is 7.99. The lowest BCUT2D eigenvalue weighted by Crippen LogP contribution is -2.44. The van der Waals surface area contributed by atoms with E-state index in [1.165, 1.54) is 6.08 Å². The predicted molar refractivity (Wildman–Crippen MR) is 104 cm³/mol. The Bertz CT molecular complexity index is 742. The van der Waals surface area contributed by atoms with Crippen LogP contribution in [0.1, 0.15) is 18.1 Å².